The van der Waals surface area contributed by atoms with E-state index in [9.17, 15) is 4.39 Å². The van der Waals surface area contributed by atoms with Crippen LogP contribution in [0.2, 0.25) is 0 Å². The number of nitrogens with one attached hydrogen (secondary N) is 2. The monoisotopic (exact) mass is 414 g/mol. The molecular formula is C19H19FN6S2. The Hall–Kier alpha value is -2.65. The van der Waals surface area contributed by atoms with Gasteiger partial charge in [-0.05, 0) is 73.6 Å². The number of rotatable bonds is 7. The van der Waals surface area contributed by atoms with E-state index in [1.165, 1.54) is 23.9 Å². The molecule has 0 unspecified atom stereocenters. The van der Waals surface area contributed by atoms with Crippen LogP contribution in [0.15, 0.2) is 59.0 Å². The molecule has 28 heavy (non-hydrogen) atoms. The van der Waals surface area contributed by atoms with Crippen molar-refractivity contribution in [3.05, 3.63) is 65.9 Å². The third-order valence-electron chi connectivity index (χ3n) is 3.64. The summed E-state index contributed by atoms with van der Waals surface area (Å²) in [4.78, 5) is 17.2. The van der Waals surface area contributed by atoms with Crippen LogP contribution < -0.4 is 10.6 Å². The fourth-order valence-corrected chi connectivity index (χ4v) is 3.34. The number of aromatic nitrogens is 4. The molecule has 6 nitrogen and oxygen atoms in total. The summed E-state index contributed by atoms with van der Waals surface area (Å²) >= 11 is 6.68. The van der Waals surface area contributed by atoms with Gasteiger partial charge in [0, 0.05) is 24.6 Å². The van der Waals surface area contributed by atoms with Gasteiger partial charge >= 0.3 is 0 Å². The van der Waals surface area contributed by atoms with Crippen molar-refractivity contribution in [3.8, 4) is 0 Å². The highest BCUT2D eigenvalue weighted by Gasteiger charge is 2.07. The smallest absolute Gasteiger partial charge is 0.230 e. The van der Waals surface area contributed by atoms with Crippen molar-refractivity contribution in [3.63, 3.8) is 0 Å². The summed E-state index contributed by atoms with van der Waals surface area (Å²) in [5.74, 6) is 0.205. The molecule has 0 saturated carbocycles. The molecule has 2 N–H and O–H groups in total. The molecular weight excluding hydrogens is 395 g/mol. The Balaban J connectivity index is 1.48. The molecule has 0 aliphatic heterocycles. The number of thiocarbonyl (C=S) groups is 1. The standard InChI is InChI=1S/C19H19FN6S2/c1-13-12-16(28-19-22-10-3-11-23-19)25-17(24-13)26-18(27)21-9-2-4-14-5-7-15(20)8-6-14/h3,5-8,10-12H,2,4,9H2,1H3,(H2,21,24,25,26,27). The largest absolute Gasteiger partial charge is 0.362 e. The number of halogens is 1. The van der Waals surface area contributed by atoms with Crippen molar-refractivity contribution < 1.29 is 4.39 Å². The molecule has 3 rings (SSSR count). The van der Waals surface area contributed by atoms with Crippen molar-refractivity contribution >= 4 is 35.0 Å². The summed E-state index contributed by atoms with van der Waals surface area (Å²) in [6.45, 7) is 2.58. The number of hydrogen-bond donors (Lipinski definition) is 2. The lowest BCUT2D eigenvalue weighted by Gasteiger charge is -2.10. The molecule has 0 radical (unpaired) electrons. The van der Waals surface area contributed by atoms with Crippen LogP contribution in [0.1, 0.15) is 17.7 Å². The van der Waals surface area contributed by atoms with Gasteiger partial charge in [-0.15, -0.1) is 0 Å². The van der Waals surface area contributed by atoms with E-state index in [1.807, 2.05) is 13.0 Å². The number of nitrogens with zero attached hydrogens (tertiary/aromatic N) is 4. The fourth-order valence-electron chi connectivity index (χ4n) is 2.37. The molecule has 9 heteroatoms. The van der Waals surface area contributed by atoms with Crippen LogP contribution in [-0.2, 0) is 6.42 Å². The average Bonchev–Trinajstić information content (AvgIpc) is 2.67. The molecule has 0 bridgehead atoms. The second kappa shape index (κ2) is 10.0. The molecule has 0 fully saturated rings. The maximum atomic E-state index is 12.9. The Morgan fingerprint density at radius 3 is 2.64 bits per heavy atom. The van der Waals surface area contributed by atoms with Crippen LogP contribution >= 0.6 is 24.0 Å². The summed E-state index contributed by atoms with van der Waals surface area (Å²) in [7, 11) is 0. The number of benzene rings is 1. The third-order valence-corrected chi connectivity index (χ3v) is 4.69. The van der Waals surface area contributed by atoms with Crippen LogP contribution in [0.4, 0.5) is 10.3 Å². The van der Waals surface area contributed by atoms with E-state index in [4.69, 9.17) is 12.2 Å². The van der Waals surface area contributed by atoms with E-state index in [1.54, 1.807) is 30.6 Å². The van der Waals surface area contributed by atoms with Crippen LogP contribution in [0.3, 0.4) is 0 Å². The zero-order chi connectivity index (χ0) is 19.8. The molecule has 0 amide bonds. The molecule has 0 aliphatic carbocycles. The summed E-state index contributed by atoms with van der Waals surface area (Å²) in [5, 5.41) is 7.96. The first-order valence-corrected chi connectivity index (χ1v) is 9.91. The topological polar surface area (TPSA) is 75.6 Å². The van der Waals surface area contributed by atoms with Gasteiger partial charge in [-0.3, -0.25) is 0 Å². The van der Waals surface area contributed by atoms with Crippen molar-refractivity contribution in [1.82, 2.24) is 25.3 Å². The Morgan fingerprint density at radius 2 is 1.89 bits per heavy atom. The molecule has 0 spiro atoms. The predicted molar refractivity (Wildman–Crippen MR) is 112 cm³/mol. The SMILES string of the molecule is Cc1cc(Sc2ncccn2)nc(NC(=S)NCCCc2ccc(F)cc2)n1. The van der Waals surface area contributed by atoms with Gasteiger partial charge < -0.3 is 10.6 Å². The molecule has 0 atom stereocenters. The first kappa shape index (κ1) is 20.1. The molecule has 2 aromatic heterocycles. The molecule has 1 aromatic carbocycles. The van der Waals surface area contributed by atoms with E-state index >= 15 is 0 Å². The van der Waals surface area contributed by atoms with Crippen molar-refractivity contribution in [2.75, 3.05) is 11.9 Å². The van der Waals surface area contributed by atoms with Gasteiger partial charge in [0.05, 0.1) is 0 Å². The van der Waals surface area contributed by atoms with E-state index in [0.29, 0.717) is 22.8 Å². The zero-order valence-electron chi connectivity index (χ0n) is 15.2. The van der Waals surface area contributed by atoms with Crippen LogP contribution in [0.25, 0.3) is 0 Å². The normalized spacial score (nSPS) is 10.5. The van der Waals surface area contributed by atoms with Crippen molar-refractivity contribution in [2.45, 2.75) is 29.9 Å². The van der Waals surface area contributed by atoms with Gasteiger partial charge in [0.15, 0.2) is 10.3 Å². The van der Waals surface area contributed by atoms with Gasteiger partial charge in [-0.25, -0.2) is 24.3 Å². The summed E-state index contributed by atoms with van der Waals surface area (Å²) in [5.41, 5.74) is 1.91. The first-order chi connectivity index (χ1) is 13.6. The highest BCUT2D eigenvalue weighted by molar-refractivity contribution is 7.99. The number of hydrogen-bond acceptors (Lipinski definition) is 6. The Morgan fingerprint density at radius 1 is 1.14 bits per heavy atom. The van der Waals surface area contributed by atoms with E-state index in [2.05, 4.69) is 30.6 Å². The molecule has 144 valence electrons. The molecule has 2 heterocycles. The van der Waals surface area contributed by atoms with Gasteiger partial charge in [0.1, 0.15) is 10.8 Å². The highest BCUT2D eigenvalue weighted by Crippen LogP contribution is 2.23. The lowest BCUT2D eigenvalue weighted by atomic mass is 10.1. The summed E-state index contributed by atoms with van der Waals surface area (Å²) in [6, 6.07) is 10.2. The summed E-state index contributed by atoms with van der Waals surface area (Å²) < 4.78 is 12.9. The number of aryl methyl sites for hydroxylation is 2. The lowest BCUT2D eigenvalue weighted by molar-refractivity contribution is 0.626. The predicted octanol–water partition coefficient (Wildman–Crippen LogP) is 3.78. The minimum Gasteiger partial charge on any atom is -0.362 e. The van der Waals surface area contributed by atoms with Gasteiger partial charge in [-0.1, -0.05) is 12.1 Å². The first-order valence-electron chi connectivity index (χ1n) is 8.68. The second-order valence-corrected chi connectivity index (χ2v) is 7.31. The minimum atomic E-state index is -0.221. The van der Waals surface area contributed by atoms with Crippen LogP contribution in [0, 0.1) is 12.7 Å². The van der Waals surface area contributed by atoms with Gasteiger partial charge in [-0.2, -0.15) is 0 Å². The van der Waals surface area contributed by atoms with E-state index in [-0.39, 0.29) is 5.82 Å². The van der Waals surface area contributed by atoms with Crippen LogP contribution in [0.5, 0.6) is 0 Å². The van der Waals surface area contributed by atoms with E-state index in [0.717, 1.165) is 29.1 Å². The maximum Gasteiger partial charge on any atom is 0.230 e. The van der Waals surface area contributed by atoms with Crippen molar-refractivity contribution in [2.24, 2.45) is 0 Å². The zero-order valence-corrected chi connectivity index (χ0v) is 16.9. The van der Waals surface area contributed by atoms with Crippen molar-refractivity contribution in [1.29, 1.82) is 0 Å². The quantitative estimate of drug-likeness (QED) is 0.262. The molecule has 0 saturated heterocycles. The Bertz CT molecular complexity index is 921. The average molecular weight is 415 g/mol. The molecule has 3 aromatic rings. The molecule has 0 aliphatic rings. The third kappa shape index (κ3) is 6.50. The summed E-state index contributed by atoms with van der Waals surface area (Å²) in [6.07, 6.45) is 5.09. The van der Waals surface area contributed by atoms with E-state index < -0.39 is 0 Å². The highest BCUT2D eigenvalue weighted by atomic mass is 32.2. The maximum absolute atomic E-state index is 12.9. The lowest BCUT2D eigenvalue weighted by Crippen LogP contribution is -2.30. The Labute approximate surface area is 172 Å². The second-order valence-electron chi connectivity index (χ2n) is 5.92. The number of anilines is 1. The van der Waals surface area contributed by atoms with Gasteiger partial charge in [0.2, 0.25) is 5.95 Å². The fraction of sp³-hybridized carbons (Fsp3) is 0.211. The van der Waals surface area contributed by atoms with Crippen LogP contribution in [-0.4, -0.2) is 31.6 Å². The minimum absolute atomic E-state index is 0.221. The Kier molecular flexibility index (Phi) is 7.21. The van der Waals surface area contributed by atoms with Gasteiger partial charge in [0.25, 0.3) is 0 Å².